The Morgan fingerprint density at radius 3 is 2.58 bits per heavy atom. The topological polar surface area (TPSA) is 90.2 Å². The van der Waals surface area contributed by atoms with Crippen LogP contribution in [0.2, 0.25) is 0 Å². The van der Waals surface area contributed by atoms with Crippen molar-refractivity contribution in [1.82, 2.24) is 0 Å². The first kappa shape index (κ1) is 9.88. The molecule has 1 aliphatic rings. The number of ether oxygens (including phenoxy) is 1. The third kappa shape index (κ3) is 1.46. The lowest BCUT2D eigenvalue weighted by Gasteiger charge is -2.42. The maximum Gasteiger partial charge on any atom is 0.119 e. The van der Waals surface area contributed by atoms with Gasteiger partial charge in [-0.1, -0.05) is 0 Å². The second-order valence-corrected chi connectivity index (χ2v) is 3.24. The van der Waals surface area contributed by atoms with E-state index in [1.807, 2.05) is 0 Å². The van der Waals surface area contributed by atoms with Gasteiger partial charge in [0.15, 0.2) is 0 Å². The predicted octanol–water partition coefficient (Wildman–Crippen LogP) is -2.15. The maximum absolute atomic E-state index is 9.58. The van der Waals surface area contributed by atoms with E-state index in [1.54, 1.807) is 0 Å². The highest BCUT2D eigenvalue weighted by atomic mass is 16.5. The Morgan fingerprint density at radius 2 is 2.08 bits per heavy atom. The first-order valence-corrected chi connectivity index (χ1v) is 3.81. The average Bonchev–Trinajstić information content (AvgIpc) is 2.01. The molecule has 0 saturated carbocycles. The molecule has 1 heterocycles. The maximum atomic E-state index is 9.58. The van der Waals surface area contributed by atoms with Gasteiger partial charge in [0.25, 0.3) is 0 Å². The number of aliphatic hydroxyl groups is 4. The van der Waals surface area contributed by atoms with E-state index < -0.39 is 23.9 Å². The van der Waals surface area contributed by atoms with Gasteiger partial charge >= 0.3 is 0 Å². The van der Waals surface area contributed by atoms with Crippen molar-refractivity contribution in [2.75, 3.05) is 13.2 Å². The fraction of sp³-hybridized carbons (Fsp3) is 1.00. The Bertz CT molecular complexity index is 154. The summed E-state index contributed by atoms with van der Waals surface area (Å²) in [6.45, 7) is 0.875. The molecular formula is C7H14O5. The Balaban J connectivity index is 2.73. The van der Waals surface area contributed by atoms with Crippen LogP contribution < -0.4 is 0 Å². The summed E-state index contributed by atoms with van der Waals surface area (Å²) in [6, 6.07) is 0. The predicted molar refractivity (Wildman–Crippen MR) is 39.5 cm³/mol. The van der Waals surface area contributed by atoms with E-state index in [0.717, 1.165) is 0 Å². The fourth-order valence-electron chi connectivity index (χ4n) is 1.29. The molecule has 4 atom stereocenters. The van der Waals surface area contributed by atoms with Crippen molar-refractivity contribution in [2.45, 2.75) is 30.8 Å². The lowest BCUT2D eigenvalue weighted by molar-refractivity contribution is -0.241. The zero-order valence-corrected chi connectivity index (χ0v) is 6.84. The minimum Gasteiger partial charge on any atom is -0.394 e. The molecule has 0 aromatic heterocycles. The molecule has 5 nitrogen and oxygen atoms in total. The summed E-state index contributed by atoms with van der Waals surface area (Å²) < 4.78 is 4.92. The highest BCUT2D eigenvalue weighted by Crippen LogP contribution is 2.25. The van der Waals surface area contributed by atoms with Crippen molar-refractivity contribution in [3.8, 4) is 0 Å². The average molecular weight is 178 g/mol. The van der Waals surface area contributed by atoms with Gasteiger partial charge in [0.2, 0.25) is 0 Å². The van der Waals surface area contributed by atoms with Crippen LogP contribution >= 0.6 is 0 Å². The van der Waals surface area contributed by atoms with Crippen LogP contribution in [0.15, 0.2) is 0 Å². The quantitative estimate of drug-likeness (QED) is 0.367. The highest BCUT2D eigenvalue weighted by molar-refractivity contribution is 4.96. The van der Waals surface area contributed by atoms with Crippen LogP contribution in [0, 0.1) is 0 Å². The molecule has 72 valence electrons. The molecule has 1 fully saturated rings. The lowest BCUT2D eigenvalue weighted by atomic mass is 9.87. The summed E-state index contributed by atoms with van der Waals surface area (Å²) in [7, 11) is 0. The van der Waals surface area contributed by atoms with E-state index in [-0.39, 0.29) is 13.2 Å². The van der Waals surface area contributed by atoms with Gasteiger partial charge in [-0.05, 0) is 6.92 Å². The molecule has 4 N–H and O–H groups in total. The molecular weight excluding hydrogens is 164 g/mol. The third-order valence-electron chi connectivity index (χ3n) is 2.25. The zero-order valence-electron chi connectivity index (χ0n) is 6.84. The van der Waals surface area contributed by atoms with Crippen molar-refractivity contribution in [1.29, 1.82) is 0 Å². The van der Waals surface area contributed by atoms with Crippen molar-refractivity contribution in [2.24, 2.45) is 0 Å². The van der Waals surface area contributed by atoms with Crippen LogP contribution in [0.4, 0.5) is 0 Å². The molecule has 0 amide bonds. The Morgan fingerprint density at radius 1 is 1.50 bits per heavy atom. The van der Waals surface area contributed by atoms with Gasteiger partial charge < -0.3 is 25.2 Å². The summed E-state index contributed by atoms with van der Waals surface area (Å²) in [6.07, 6.45) is -3.21. The smallest absolute Gasteiger partial charge is 0.119 e. The van der Waals surface area contributed by atoms with Crippen LogP contribution in [-0.2, 0) is 4.74 Å². The molecule has 0 bridgehead atoms. The molecule has 5 heteroatoms. The number of hydrogen-bond acceptors (Lipinski definition) is 5. The van der Waals surface area contributed by atoms with Crippen LogP contribution in [0.25, 0.3) is 0 Å². The monoisotopic (exact) mass is 178 g/mol. The largest absolute Gasteiger partial charge is 0.394 e. The summed E-state index contributed by atoms with van der Waals surface area (Å²) in [5.41, 5.74) is -1.59. The molecule has 0 aliphatic carbocycles. The van der Waals surface area contributed by atoms with E-state index in [9.17, 15) is 10.2 Å². The lowest BCUT2D eigenvalue weighted by Crippen LogP contribution is -2.62. The van der Waals surface area contributed by atoms with Gasteiger partial charge in [0.05, 0.1) is 13.2 Å². The van der Waals surface area contributed by atoms with Crippen molar-refractivity contribution < 1.29 is 25.2 Å². The molecule has 0 aromatic rings. The van der Waals surface area contributed by atoms with Crippen LogP contribution in [0.3, 0.4) is 0 Å². The zero-order chi connectivity index (χ0) is 9.35. The van der Waals surface area contributed by atoms with E-state index in [0.29, 0.717) is 0 Å². The summed E-state index contributed by atoms with van der Waals surface area (Å²) in [4.78, 5) is 0. The minimum absolute atomic E-state index is 0.0669. The van der Waals surface area contributed by atoms with Gasteiger partial charge in [-0.15, -0.1) is 0 Å². The van der Waals surface area contributed by atoms with Gasteiger partial charge in [0, 0.05) is 0 Å². The van der Waals surface area contributed by atoms with Gasteiger partial charge in [-0.2, -0.15) is 0 Å². The second-order valence-electron chi connectivity index (χ2n) is 3.24. The first-order chi connectivity index (χ1) is 5.50. The van der Waals surface area contributed by atoms with Gasteiger partial charge in [-0.3, -0.25) is 0 Å². The molecule has 0 aromatic carbocycles. The third-order valence-corrected chi connectivity index (χ3v) is 2.25. The highest BCUT2D eigenvalue weighted by Gasteiger charge is 2.47. The summed E-state index contributed by atoms with van der Waals surface area (Å²) >= 11 is 0. The minimum atomic E-state index is -1.59. The van der Waals surface area contributed by atoms with Gasteiger partial charge in [-0.25, -0.2) is 0 Å². The molecule has 4 unspecified atom stereocenters. The fourth-order valence-corrected chi connectivity index (χ4v) is 1.29. The Hall–Kier alpha value is -0.200. The standard InChI is InChI=1S/C7H14O5/c1-7(11)5(2-8)12-3-4(9)6(7)10/h4-6,8-11H,2-3H2,1H3. The first-order valence-electron chi connectivity index (χ1n) is 3.81. The number of aliphatic hydroxyl groups excluding tert-OH is 3. The number of rotatable bonds is 1. The van der Waals surface area contributed by atoms with Crippen LogP contribution in [0.1, 0.15) is 6.92 Å². The van der Waals surface area contributed by atoms with Gasteiger partial charge in [0.1, 0.15) is 23.9 Å². The Labute approximate surface area is 70.2 Å². The summed E-state index contributed by atoms with van der Waals surface area (Å²) in [5.74, 6) is 0. The molecule has 0 spiro atoms. The van der Waals surface area contributed by atoms with E-state index >= 15 is 0 Å². The second kappa shape index (κ2) is 3.27. The van der Waals surface area contributed by atoms with Crippen molar-refractivity contribution in [3.63, 3.8) is 0 Å². The summed E-state index contributed by atoms with van der Waals surface area (Å²) in [5, 5.41) is 36.8. The van der Waals surface area contributed by atoms with Crippen LogP contribution in [-0.4, -0.2) is 57.6 Å². The van der Waals surface area contributed by atoms with Crippen molar-refractivity contribution >= 4 is 0 Å². The van der Waals surface area contributed by atoms with Crippen LogP contribution in [0.5, 0.6) is 0 Å². The SMILES string of the molecule is CC1(O)C(CO)OCC(O)C1O. The van der Waals surface area contributed by atoms with E-state index in [4.69, 9.17) is 14.9 Å². The number of hydrogen-bond donors (Lipinski definition) is 4. The molecule has 1 aliphatic heterocycles. The Kier molecular flexibility index (Phi) is 2.70. The molecule has 0 radical (unpaired) electrons. The van der Waals surface area contributed by atoms with E-state index in [1.165, 1.54) is 6.92 Å². The molecule has 12 heavy (non-hydrogen) atoms. The molecule has 1 saturated heterocycles. The van der Waals surface area contributed by atoms with Crippen molar-refractivity contribution in [3.05, 3.63) is 0 Å². The normalized spacial score (nSPS) is 49.2. The van der Waals surface area contributed by atoms with E-state index in [2.05, 4.69) is 0 Å². The molecule has 1 rings (SSSR count).